The van der Waals surface area contributed by atoms with Gasteiger partial charge in [-0.15, -0.1) is 0 Å². The maximum Gasteiger partial charge on any atom is 0.415 e. The molecule has 2 atom stereocenters. The zero-order chi connectivity index (χ0) is 30.5. The average Bonchev–Trinajstić information content (AvgIpc) is 3.39. The second kappa shape index (κ2) is 12.7. The minimum atomic E-state index is -0.849. The van der Waals surface area contributed by atoms with Crippen molar-refractivity contribution in [1.82, 2.24) is 0 Å². The summed E-state index contributed by atoms with van der Waals surface area (Å²) in [6.07, 6.45) is 1.48. The first-order valence-corrected chi connectivity index (χ1v) is 14.1. The number of nitrogens with zero attached hydrogens (tertiary/aromatic N) is 1. The van der Waals surface area contributed by atoms with E-state index < -0.39 is 24.1 Å². The van der Waals surface area contributed by atoms with Gasteiger partial charge in [0, 0.05) is 16.8 Å². The fourth-order valence-corrected chi connectivity index (χ4v) is 5.21. The van der Waals surface area contributed by atoms with Crippen molar-refractivity contribution < 1.29 is 28.6 Å². The summed E-state index contributed by atoms with van der Waals surface area (Å²) in [6.45, 7) is 0.272. The predicted molar refractivity (Wildman–Crippen MR) is 166 cm³/mol. The number of ketones is 1. The Kier molecular flexibility index (Phi) is 8.19. The first kappa shape index (κ1) is 28.4. The lowest BCUT2D eigenvalue weighted by atomic mass is 9.95. The molecule has 1 aliphatic heterocycles. The lowest BCUT2D eigenvalue weighted by molar-refractivity contribution is 0.104. The number of benzene rings is 5. The molecule has 6 rings (SSSR count). The highest BCUT2D eigenvalue weighted by Gasteiger charge is 2.44. The Morgan fingerprint density at radius 1 is 0.841 bits per heavy atom. The molecule has 1 N–H and O–H groups in total. The number of cyclic esters (lactones) is 1. The predicted octanol–water partition coefficient (Wildman–Crippen LogP) is 8.28. The van der Waals surface area contributed by atoms with Gasteiger partial charge in [0.05, 0.1) is 0 Å². The number of carbonyl (C=O) groups excluding carboxylic acids is 2. The van der Waals surface area contributed by atoms with E-state index in [0.717, 1.165) is 16.7 Å². The van der Waals surface area contributed by atoms with Crippen molar-refractivity contribution >= 4 is 17.6 Å². The van der Waals surface area contributed by atoms with E-state index in [1.165, 1.54) is 30.3 Å². The minimum Gasteiger partial charge on any atom is -0.508 e. The van der Waals surface area contributed by atoms with Gasteiger partial charge in [0.1, 0.15) is 36.1 Å². The van der Waals surface area contributed by atoms with Crippen LogP contribution in [0.3, 0.4) is 0 Å². The summed E-state index contributed by atoms with van der Waals surface area (Å²) >= 11 is 0. The number of hydrogen-bond donors (Lipinski definition) is 1. The largest absolute Gasteiger partial charge is 0.508 e. The van der Waals surface area contributed by atoms with Crippen LogP contribution < -0.4 is 9.64 Å². The second-order valence-corrected chi connectivity index (χ2v) is 10.3. The molecule has 1 amide bonds. The van der Waals surface area contributed by atoms with E-state index in [0.29, 0.717) is 22.6 Å². The van der Waals surface area contributed by atoms with Crippen molar-refractivity contribution in [3.05, 3.63) is 162 Å². The number of phenolic OH excluding ortho intramolecular Hbond substituents is 1. The van der Waals surface area contributed by atoms with Crippen LogP contribution in [0.15, 0.2) is 140 Å². The Labute approximate surface area is 254 Å². The van der Waals surface area contributed by atoms with Gasteiger partial charge in [-0.05, 0) is 83.4 Å². The van der Waals surface area contributed by atoms with Crippen molar-refractivity contribution in [3.8, 4) is 22.6 Å². The van der Waals surface area contributed by atoms with Crippen LogP contribution in [0.5, 0.6) is 11.5 Å². The van der Waals surface area contributed by atoms with Gasteiger partial charge in [0.25, 0.3) is 0 Å². The first-order chi connectivity index (χ1) is 21.5. The number of phenols is 1. The third-order valence-electron chi connectivity index (χ3n) is 7.37. The van der Waals surface area contributed by atoms with Crippen molar-refractivity contribution in [2.45, 2.75) is 18.8 Å². The van der Waals surface area contributed by atoms with Crippen LogP contribution in [0, 0.1) is 5.82 Å². The van der Waals surface area contributed by atoms with Gasteiger partial charge >= 0.3 is 6.09 Å². The molecule has 0 spiro atoms. The van der Waals surface area contributed by atoms with E-state index in [2.05, 4.69) is 0 Å². The standard InChI is InChI=1S/C37H28FNO5/c38-29-17-14-26(15-18-29)33(41)20-21-34-36(39(37(42)44-34)30-11-5-2-6-12-30)32-19-16-28(27-10-7-13-31(40)22-27)23-35(32)43-24-25-8-3-1-4-9-25/h1-23,34,36,40H,24H2/b21-20+/t34-,36-/m1/s1. The van der Waals surface area contributed by atoms with E-state index in [1.54, 1.807) is 29.2 Å². The van der Waals surface area contributed by atoms with E-state index in [-0.39, 0.29) is 18.1 Å². The number of anilines is 1. The number of hydrogen-bond acceptors (Lipinski definition) is 5. The molecule has 1 aliphatic rings. The summed E-state index contributed by atoms with van der Waals surface area (Å²) in [5.41, 5.74) is 4.16. The van der Waals surface area contributed by atoms with Crippen LogP contribution in [0.25, 0.3) is 11.1 Å². The molecule has 44 heavy (non-hydrogen) atoms. The first-order valence-electron chi connectivity index (χ1n) is 14.1. The Morgan fingerprint density at radius 2 is 1.55 bits per heavy atom. The highest BCUT2D eigenvalue weighted by molar-refractivity contribution is 6.04. The number of para-hydroxylation sites is 1. The number of halogens is 1. The molecule has 1 fully saturated rings. The summed E-state index contributed by atoms with van der Waals surface area (Å²) < 4.78 is 25.7. The van der Waals surface area contributed by atoms with E-state index in [9.17, 15) is 19.1 Å². The molecule has 0 radical (unpaired) electrons. The highest BCUT2D eigenvalue weighted by atomic mass is 19.1. The Balaban J connectivity index is 1.43. The van der Waals surface area contributed by atoms with Crippen LogP contribution >= 0.6 is 0 Å². The smallest absolute Gasteiger partial charge is 0.415 e. The molecule has 6 nitrogen and oxygen atoms in total. The SMILES string of the molecule is O=C(/C=C/[C@H]1OC(=O)N(c2ccccc2)[C@@H]1c1ccc(-c2cccc(O)c2)cc1OCc1ccccc1)c1ccc(F)cc1. The molecule has 1 saturated heterocycles. The quantitative estimate of drug-likeness (QED) is 0.139. The van der Waals surface area contributed by atoms with E-state index in [1.807, 2.05) is 84.9 Å². The van der Waals surface area contributed by atoms with Crippen molar-refractivity contribution in [3.63, 3.8) is 0 Å². The fraction of sp³-hybridized carbons (Fsp3) is 0.0811. The molecule has 0 saturated carbocycles. The third-order valence-corrected chi connectivity index (χ3v) is 7.37. The lowest BCUT2D eigenvalue weighted by Gasteiger charge is -2.26. The number of amides is 1. The molecule has 218 valence electrons. The van der Waals surface area contributed by atoms with Gasteiger partial charge in [0.15, 0.2) is 5.78 Å². The molecular weight excluding hydrogens is 557 g/mol. The monoisotopic (exact) mass is 585 g/mol. The zero-order valence-corrected chi connectivity index (χ0v) is 23.5. The van der Waals surface area contributed by atoms with Crippen molar-refractivity contribution in [2.75, 3.05) is 4.90 Å². The van der Waals surface area contributed by atoms with Crippen LogP contribution in [-0.4, -0.2) is 23.1 Å². The molecule has 7 heteroatoms. The van der Waals surface area contributed by atoms with Crippen molar-refractivity contribution in [2.24, 2.45) is 0 Å². The summed E-state index contributed by atoms with van der Waals surface area (Å²) in [5.74, 6) is -0.134. The molecule has 0 unspecified atom stereocenters. The fourth-order valence-electron chi connectivity index (χ4n) is 5.21. The van der Waals surface area contributed by atoms with E-state index >= 15 is 0 Å². The summed E-state index contributed by atoms with van der Waals surface area (Å²) in [4.78, 5) is 27.9. The summed E-state index contributed by atoms with van der Waals surface area (Å²) in [6, 6.07) is 36.0. The Morgan fingerprint density at radius 3 is 2.27 bits per heavy atom. The summed E-state index contributed by atoms with van der Waals surface area (Å²) in [5, 5.41) is 10.1. The van der Waals surface area contributed by atoms with Crippen LogP contribution in [-0.2, 0) is 11.3 Å². The topological polar surface area (TPSA) is 76.1 Å². The summed E-state index contributed by atoms with van der Waals surface area (Å²) in [7, 11) is 0. The van der Waals surface area contributed by atoms with Gasteiger partial charge in [-0.1, -0.05) is 72.8 Å². The van der Waals surface area contributed by atoms with Gasteiger partial charge in [-0.2, -0.15) is 0 Å². The number of carbonyl (C=O) groups is 2. The third kappa shape index (κ3) is 6.22. The van der Waals surface area contributed by atoms with Crippen LogP contribution in [0.2, 0.25) is 0 Å². The Hall–Kier alpha value is -5.69. The van der Waals surface area contributed by atoms with Crippen LogP contribution in [0.1, 0.15) is 27.5 Å². The van der Waals surface area contributed by atoms with Crippen LogP contribution in [0.4, 0.5) is 14.9 Å². The molecule has 0 aliphatic carbocycles. The maximum atomic E-state index is 13.4. The van der Waals surface area contributed by atoms with Crippen molar-refractivity contribution in [1.29, 1.82) is 0 Å². The number of aromatic hydroxyl groups is 1. The molecular formula is C37H28FNO5. The average molecular weight is 586 g/mol. The Bertz CT molecular complexity index is 1810. The number of rotatable bonds is 9. The van der Waals surface area contributed by atoms with Gasteiger partial charge in [0.2, 0.25) is 0 Å². The van der Waals surface area contributed by atoms with Gasteiger partial charge in [-0.25, -0.2) is 9.18 Å². The molecule has 5 aromatic rings. The second-order valence-electron chi connectivity index (χ2n) is 10.3. The maximum absolute atomic E-state index is 13.4. The zero-order valence-electron chi connectivity index (χ0n) is 23.5. The molecule has 0 aromatic heterocycles. The number of ether oxygens (including phenoxy) is 2. The van der Waals surface area contributed by atoms with Gasteiger partial charge < -0.3 is 14.6 Å². The molecule has 1 heterocycles. The highest BCUT2D eigenvalue weighted by Crippen LogP contribution is 2.43. The minimum absolute atomic E-state index is 0.138. The molecule has 0 bridgehead atoms. The normalized spacial score (nSPS) is 16.2. The molecule has 5 aromatic carbocycles. The lowest BCUT2D eigenvalue weighted by Crippen LogP contribution is -2.29. The number of allylic oxidation sites excluding steroid dienone is 1. The van der Waals surface area contributed by atoms with E-state index in [4.69, 9.17) is 9.47 Å². The van der Waals surface area contributed by atoms with Gasteiger partial charge in [-0.3, -0.25) is 9.69 Å².